The molecule has 21 heavy (non-hydrogen) atoms. The molecule has 1 amide bonds. The van der Waals surface area contributed by atoms with E-state index in [-0.39, 0.29) is 24.0 Å². The van der Waals surface area contributed by atoms with E-state index >= 15 is 0 Å². The number of carbonyl (C=O) groups excluding carboxylic acids is 1. The van der Waals surface area contributed by atoms with Crippen molar-refractivity contribution in [3.05, 3.63) is 23.2 Å². The number of carbonyl (C=O) groups is 1. The van der Waals surface area contributed by atoms with Crippen LogP contribution in [-0.2, 0) is 4.79 Å². The predicted molar refractivity (Wildman–Crippen MR) is 85.8 cm³/mol. The molecule has 1 aromatic carbocycles. The Morgan fingerprint density at radius 2 is 2.19 bits per heavy atom. The lowest BCUT2D eigenvalue weighted by atomic mass is 9.85. The molecule has 1 aliphatic carbocycles. The van der Waals surface area contributed by atoms with Crippen molar-refractivity contribution in [3.8, 4) is 5.75 Å². The summed E-state index contributed by atoms with van der Waals surface area (Å²) in [6, 6.07) is 5.49. The normalized spacial score (nSPS) is 22.1. The Labute approximate surface area is 131 Å². The summed E-state index contributed by atoms with van der Waals surface area (Å²) in [6.07, 6.45) is 3.63. The molecule has 3 N–H and O–H groups in total. The van der Waals surface area contributed by atoms with Gasteiger partial charge in [-0.15, -0.1) is 0 Å². The van der Waals surface area contributed by atoms with Crippen LogP contribution in [-0.4, -0.2) is 18.1 Å². The zero-order valence-corrected chi connectivity index (χ0v) is 13.3. The fraction of sp³-hybridized carbons (Fsp3) is 0.562. The first kappa shape index (κ1) is 16.1. The van der Waals surface area contributed by atoms with Crippen LogP contribution in [0, 0.1) is 5.92 Å². The lowest BCUT2D eigenvalue weighted by Crippen LogP contribution is -2.34. The number of hydrogen-bond acceptors (Lipinski definition) is 3. The molecule has 2 rings (SSSR count). The number of rotatable bonds is 4. The van der Waals surface area contributed by atoms with E-state index in [0.29, 0.717) is 16.5 Å². The van der Waals surface area contributed by atoms with Crippen LogP contribution in [0.2, 0.25) is 5.02 Å². The van der Waals surface area contributed by atoms with Crippen molar-refractivity contribution in [1.29, 1.82) is 0 Å². The Hall–Kier alpha value is -1.26. The van der Waals surface area contributed by atoms with Crippen LogP contribution in [0.3, 0.4) is 0 Å². The maximum Gasteiger partial charge on any atom is 0.227 e. The Morgan fingerprint density at radius 3 is 2.86 bits per heavy atom. The molecule has 0 aromatic heterocycles. The molecule has 0 heterocycles. The fourth-order valence-electron chi connectivity index (χ4n) is 2.66. The zero-order chi connectivity index (χ0) is 15.4. The maximum absolute atomic E-state index is 12.4. The third-order valence-corrected chi connectivity index (χ3v) is 3.96. The summed E-state index contributed by atoms with van der Waals surface area (Å²) in [6.45, 7) is 3.85. The lowest BCUT2D eigenvalue weighted by Gasteiger charge is -2.26. The van der Waals surface area contributed by atoms with Crippen LogP contribution in [0.4, 0.5) is 5.69 Å². The number of benzene rings is 1. The minimum absolute atomic E-state index is 0.000947. The summed E-state index contributed by atoms with van der Waals surface area (Å²) in [5.41, 5.74) is 6.58. The Bertz CT molecular complexity index is 505. The molecule has 1 aliphatic rings. The van der Waals surface area contributed by atoms with Gasteiger partial charge in [0.15, 0.2) is 5.75 Å². The monoisotopic (exact) mass is 310 g/mol. The number of nitrogens with two attached hydrogens (primary N) is 1. The Morgan fingerprint density at radius 1 is 1.43 bits per heavy atom. The van der Waals surface area contributed by atoms with E-state index in [1.54, 1.807) is 12.1 Å². The molecule has 4 nitrogen and oxygen atoms in total. The minimum Gasteiger partial charge on any atom is -0.487 e. The van der Waals surface area contributed by atoms with Crippen LogP contribution in [0.5, 0.6) is 5.75 Å². The maximum atomic E-state index is 12.4. The molecule has 0 bridgehead atoms. The fourth-order valence-corrected chi connectivity index (χ4v) is 2.88. The van der Waals surface area contributed by atoms with Crippen molar-refractivity contribution in [2.45, 2.75) is 51.7 Å². The quantitative estimate of drug-likeness (QED) is 0.893. The van der Waals surface area contributed by atoms with Crippen LogP contribution in [0.15, 0.2) is 18.2 Å². The van der Waals surface area contributed by atoms with Crippen LogP contribution in [0.1, 0.15) is 39.5 Å². The van der Waals surface area contributed by atoms with E-state index in [1.165, 1.54) is 0 Å². The molecule has 116 valence electrons. The SMILES string of the molecule is CC(C)Oc1c(Cl)cccc1NC(=O)C1CCCC(N)C1. The van der Waals surface area contributed by atoms with Gasteiger partial charge in [0.05, 0.1) is 16.8 Å². The summed E-state index contributed by atoms with van der Waals surface area (Å²) in [5, 5.41) is 3.44. The van der Waals surface area contributed by atoms with Gasteiger partial charge in [0.1, 0.15) is 0 Å². The van der Waals surface area contributed by atoms with E-state index in [0.717, 1.165) is 25.7 Å². The van der Waals surface area contributed by atoms with Crippen molar-refractivity contribution in [3.63, 3.8) is 0 Å². The van der Waals surface area contributed by atoms with Gasteiger partial charge >= 0.3 is 0 Å². The van der Waals surface area contributed by atoms with Gasteiger partial charge in [-0.25, -0.2) is 0 Å². The first-order valence-corrected chi connectivity index (χ1v) is 7.86. The minimum atomic E-state index is -0.0281. The van der Waals surface area contributed by atoms with Crippen molar-refractivity contribution in [1.82, 2.24) is 0 Å². The van der Waals surface area contributed by atoms with Gasteiger partial charge in [0, 0.05) is 12.0 Å². The topological polar surface area (TPSA) is 64.3 Å². The summed E-state index contributed by atoms with van der Waals surface area (Å²) >= 11 is 6.17. The van der Waals surface area contributed by atoms with Crippen molar-refractivity contribution in [2.24, 2.45) is 11.7 Å². The summed E-state index contributed by atoms with van der Waals surface area (Å²) in [7, 11) is 0. The second-order valence-corrected chi connectivity index (χ2v) is 6.30. The van der Waals surface area contributed by atoms with Crippen LogP contribution < -0.4 is 15.8 Å². The average Bonchev–Trinajstić information content (AvgIpc) is 2.42. The Kier molecular flexibility index (Phi) is 5.48. The number of ether oxygens (including phenoxy) is 1. The number of halogens is 1. The molecule has 1 aromatic rings. The molecule has 2 atom stereocenters. The van der Waals surface area contributed by atoms with Gasteiger partial charge in [-0.05, 0) is 45.2 Å². The van der Waals surface area contributed by atoms with Gasteiger partial charge < -0.3 is 15.8 Å². The second kappa shape index (κ2) is 7.14. The average molecular weight is 311 g/mol. The molecule has 0 saturated heterocycles. The van der Waals surface area contributed by atoms with E-state index in [9.17, 15) is 4.79 Å². The highest BCUT2D eigenvalue weighted by Crippen LogP contribution is 2.34. The van der Waals surface area contributed by atoms with Gasteiger partial charge in [-0.2, -0.15) is 0 Å². The summed E-state index contributed by atoms with van der Waals surface area (Å²) in [5.74, 6) is 0.503. The molecule has 5 heteroatoms. The van der Waals surface area contributed by atoms with Gasteiger partial charge in [-0.3, -0.25) is 4.79 Å². The van der Waals surface area contributed by atoms with Crippen molar-refractivity contribution >= 4 is 23.2 Å². The highest BCUT2D eigenvalue weighted by molar-refractivity contribution is 6.32. The number of amides is 1. The molecule has 0 radical (unpaired) electrons. The van der Waals surface area contributed by atoms with Crippen LogP contribution >= 0.6 is 11.6 Å². The first-order valence-electron chi connectivity index (χ1n) is 7.49. The standard InChI is InChI=1S/C16H23ClN2O2/c1-10(2)21-15-13(17)7-4-8-14(15)19-16(20)11-5-3-6-12(18)9-11/h4,7-8,10-12H,3,5-6,9,18H2,1-2H3,(H,19,20). The predicted octanol–water partition coefficient (Wildman–Crippen LogP) is 3.58. The van der Waals surface area contributed by atoms with Crippen LogP contribution in [0.25, 0.3) is 0 Å². The van der Waals surface area contributed by atoms with E-state index in [2.05, 4.69) is 5.32 Å². The number of para-hydroxylation sites is 1. The Balaban J connectivity index is 2.11. The lowest BCUT2D eigenvalue weighted by molar-refractivity contribution is -0.120. The van der Waals surface area contributed by atoms with Crippen molar-refractivity contribution < 1.29 is 9.53 Å². The number of hydrogen-bond donors (Lipinski definition) is 2. The van der Waals surface area contributed by atoms with Gasteiger partial charge in [0.25, 0.3) is 0 Å². The van der Waals surface area contributed by atoms with Gasteiger partial charge in [-0.1, -0.05) is 24.1 Å². The third kappa shape index (κ3) is 4.35. The number of nitrogens with one attached hydrogen (secondary N) is 1. The summed E-state index contributed by atoms with van der Waals surface area (Å²) < 4.78 is 5.71. The molecule has 0 spiro atoms. The highest BCUT2D eigenvalue weighted by atomic mass is 35.5. The molecule has 1 fully saturated rings. The molecular formula is C16H23ClN2O2. The second-order valence-electron chi connectivity index (χ2n) is 5.90. The molecular weight excluding hydrogens is 288 g/mol. The molecule has 1 saturated carbocycles. The van der Waals surface area contributed by atoms with Gasteiger partial charge in [0.2, 0.25) is 5.91 Å². The highest BCUT2D eigenvalue weighted by Gasteiger charge is 2.26. The largest absolute Gasteiger partial charge is 0.487 e. The van der Waals surface area contributed by atoms with Crippen molar-refractivity contribution in [2.75, 3.05) is 5.32 Å². The molecule has 2 unspecified atom stereocenters. The zero-order valence-electron chi connectivity index (χ0n) is 12.6. The third-order valence-electron chi connectivity index (χ3n) is 3.66. The summed E-state index contributed by atoms with van der Waals surface area (Å²) in [4.78, 5) is 12.4. The molecule has 0 aliphatic heterocycles. The smallest absolute Gasteiger partial charge is 0.227 e. The van der Waals surface area contributed by atoms with E-state index in [4.69, 9.17) is 22.1 Å². The van der Waals surface area contributed by atoms with E-state index < -0.39 is 0 Å². The first-order chi connectivity index (χ1) is 9.97. The number of anilines is 1. The van der Waals surface area contributed by atoms with E-state index in [1.807, 2.05) is 19.9 Å².